The van der Waals surface area contributed by atoms with E-state index in [2.05, 4.69) is 4.98 Å². The Bertz CT molecular complexity index is 281. The Balaban J connectivity index is 2.00. The van der Waals surface area contributed by atoms with Gasteiger partial charge in [0.25, 0.3) is 0 Å². The van der Waals surface area contributed by atoms with Crippen LogP contribution in [0.1, 0.15) is 30.3 Å². The van der Waals surface area contributed by atoms with E-state index in [0.717, 1.165) is 11.4 Å². The molecule has 1 fully saturated rings. The number of rotatable bonds is 3. The highest BCUT2D eigenvalue weighted by atomic mass is 32.2. The van der Waals surface area contributed by atoms with Gasteiger partial charge in [0, 0.05) is 18.1 Å². The molecule has 1 aliphatic heterocycles. The van der Waals surface area contributed by atoms with Gasteiger partial charge in [0.15, 0.2) is 5.89 Å². The van der Waals surface area contributed by atoms with E-state index in [1.54, 1.807) is 6.26 Å². The summed E-state index contributed by atoms with van der Waals surface area (Å²) in [5.41, 5.74) is 1.07. The molecule has 1 unspecified atom stereocenters. The first-order valence-corrected chi connectivity index (χ1v) is 6.18. The topological polar surface area (TPSA) is 46.3 Å². The van der Waals surface area contributed by atoms with Crippen molar-refractivity contribution in [3.05, 3.63) is 17.8 Å². The van der Waals surface area contributed by atoms with Crippen LogP contribution in [-0.4, -0.2) is 28.2 Å². The van der Waals surface area contributed by atoms with Crippen molar-refractivity contribution >= 4 is 11.8 Å². The van der Waals surface area contributed by atoms with Crippen LogP contribution in [-0.2, 0) is 6.42 Å². The van der Waals surface area contributed by atoms with Crippen LogP contribution in [0.3, 0.4) is 0 Å². The van der Waals surface area contributed by atoms with Crippen LogP contribution in [0, 0.1) is 0 Å². The summed E-state index contributed by atoms with van der Waals surface area (Å²) in [4.78, 5) is 4.38. The molecule has 1 N–H and O–H groups in total. The van der Waals surface area contributed by atoms with Crippen molar-refractivity contribution in [3.8, 4) is 0 Å². The summed E-state index contributed by atoms with van der Waals surface area (Å²) in [6.07, 6.45) is 4.77. The molecule has 0 bridgehead atoms. The molecule has 0 saturated carbocycles. The van der Waals surface area contributed by atoms with Crippen LogP contribution in [0.2, 0.25) is 0 Å². The molecule has 1 atom stereocenters. The summed E-state index contributed by atoms with van der Waals surface area (Å²) < 4.78 is 5.28. The Morgan fingerprint density at radius 3 is 3.29 bits per heavy atom. The number of oxazole rings is 1. The highest BCUT2D eigenvalue weighted by molar-refractivity contribution is 7.99. The molecule has 1 aliphatic rings. The average molecular weight is 213 g/mol. The van der Waals surface area contributed by atoms with Crippen LogP contribution < -0.4 is 0 Å². The number of aromatic nitrogens is 1. The minimum absolute atomic E-state index is 0.110. The van der Waals surface area contributed by atoms with Crippen LogP contribution in [0.25, 0.3) is 0 Å². The van der Waals surface area contributed by atoms with Crippen LogP contribution in [0.5, 0.6) is 0 Å². The number of nitrogens with zero attached hydrogens (tertiary/aromatic N) is 1. The van der Waals surface area contributed by atoms with Gasteiger partial charge in [-0.3, -0.25) is 0 Å². The average Bonchev–Trinajstić information content (AvgIpc) is 2.68. The molecule has 14 heavy (non-hydrogen) atoms. The molecule has 2 rings (SSSR count). The first-order chi connectivity index (χ1) is 6.90. The van der Waals surface area contributed by atoms with E-state index < -0.39 is 0 Å². The lowest BCUT2D eigenvalue weighted by Crippen LogP contribution is -2.09. The first kappa shape index (κ1) is 10.1. The second-order valence-corrected chi connectivity index (χ2v) is 4.70. The standard InChI is InChI=1S/C10H15NO2S/c12-4-3-10-11-9(6-13-10)8-2-1-5-14-7-8/h6,8,12H,1-5,7H2. The maximum Gasteiger partial charge on any atom is 0.196 e. The molecule has 78 valence electrons. The zero-order valence-corrected chi connectivity index (χ0v) is 8.92. The van der Waals surface area contributed by atoms with Gasteiger partial charge in [0.2, 0.25) is 0 Å². The van der Waals surface area contributed by atoms with Gasteiger partial charge in [-0.1, -0.05) is 0 Å². The molecule has 1 aromatic heterocycles. The Morgan fingerprint density at radius 1 is 1.64 bits per heavy atom. The summed E-state index contributed by atoms with van der Waals surface area (Å²) in [5, 5.41) is 8.74. The summed E-state index contributed by atoms with van der Waals surface area (Å²) in [6, 6.07) is 0. The van der Waals surface area contributed by atoms with Gasteiger partial charge in [0.1, 0.15) is 6.26 Å². The number of thioether (sulfide) groups is 1. The highest BCUT2D eigenvalue weighted by Crippen LogP contribution is 2.30. The third kappa shape index (κ3) is 2.30. The van der Waals surface area contributed by atoms with Crippen LogP contribution in [0.4, 0.5) is 0 Å². The second-order valence-electron chi connectivity index (χ2n) is 3.55. The molecule has 3 nitrogen and oxygen atoms in total. The van der Waals surface area contributed by atoms with Gasteiger partial charge in [-0.05, 0) is 18.6 Å². The number of aliphatic hydroxyl groups excluding tert-OH is 1. The van der Waals surface area contributed by atoms with E-state index in [1.807, 2.05) is 11.8 Å². The molecule has 0 aromatic carbocycles. The molecule has 4 heteroatoms. The van der Waals surface area contributed by atoms with Gasteiger partial charge in [-0.15, -0.1) is 0 Å². The quantitative estimate of drug-likeness (QED) is 0.832. The molecule has 0 spiro atoms. The molecule has 1 aromatic rings. The molecule has 2 heterocycles. The Labute approximate surface area is 87.9 Å². The third-order valence-electron chi connectivity index (χ3n) is 2.47. The van der Waals surface area contributed by atoms with Gasteiger partial charge < -0.3 is 9.52 Å². The van der Waals surface area contributed by atoms with E-state index in [0.29, 0.717) is 18.2 Å². The lowest BCUT2D eigenvalue weighted by molar-refractivity contribution is 0.285. The smallest absolute Gasteiger partial charge is 0.196 e. The van der Waals surface area contributed by atoms with Crippen molar-refractivity contribution in [3.63, 3.8) is 0 Å². The Morgan fingerprint density at radius 2 is 2.57 bits per heavy atom. The van der Waals surface area contributed by atoms with Crippen LogP contribution >= 0.6 is 11.8 Å². The van der Waals surface area contributed by atoms with Crippen LogP contribution in [0.15, 0.2) is 10.7 Å². The van der Waals surface area contributed by atoms with Gasteiger partial charge in [-0.2, -0.15) is 11.8 Å². The van der Waals surface area contributed by atoms with E-state index in [-0.39, 0.29) is 6.61 Å². The molecular formula is C10H15NO2S. The van der Waals surface area contributed by atoms with Crippen molar-refractivity contribution in [1.82, 2.24) is 4.98 Å². The number of hydrogen-bond donors (Lipinski definition) is 1. The summed E-state index contributed by atoms with van der Waals surface area (Å²) in [5.74, 6) is 3.66. The van der Waals surface area contributed by atoms with Gasteiger partial charge in [0.05, 0.1) is 12.3 Å². The number of aliphatic hydroxyl groups is 1. The van der Waals surface area contributed by atoms with Crippen molar-refractivity contribution in [1.29, 1.82) is 0 Å². The highest BCUT2D eigenvalue weighted by Gasteiger charge is 2.19. The molecule has 1 saturated heterocycles. The summed E-state index contributed by atoms with van der Waals surface area (Å²) in [7, 11) is 0. The minimum atomic E-state index is 0.110. The monoisotopic (exact) mass is 213 g/mol. The van der Waals surface area contributed by atoms with Gasteiger partial charge in [-0.25, -0.2) is 4.98 Å². The maximum absolute atomic E-state index is 8.74. The van der Waals surface area contributed by atoms with Crippen molar-refractivity contribution < 1.29 is 9.52 Å². The predicted octanol–water partition coefficient (Wildman–Crippen LogP) is 1.82. The molecular weight excluding hydrogens is 198 g/mol. The molecule has 0 aliphatic carbocycles. The fourth-order valence-electron chi connectivity index (χ4n) is 1.70. The molecule has 0 amide bonds. The maximum atomic E-state index is 8.74. The fourth-order valence-corrected chi connectivity index (χ4v) is 2.86. The zero-order chi connectivity index (χ0) is 9.80. The fraction of sp³-hybridized carbons (Fsp3) is 0.700. The lowest BCUT2D eigenvalue weighted by atomic mass is 10.0. The third-order valence-corrected chi connectivity index (χ3v) is 3.69. The zero-order valence-electron chi connectivity index (χ0n) is 8.11. The summed E-state index contributed by atoms with van der Waals surface area (Å²) >= 11 is 1.99. The minimum Gasteiger partial charge on any atom is -0.449 e. The van der Waals surface area contributed by atoms with E-state index in [1.165, 1.54) is 18.6 Å². The predicted molar refractivity (Wildman–Crippen MR) is 56.6 cm³/mol. The normalized spacial score (nSPS) is 22.5. The SMILES string of the molecule is OCCc1nc(C2CCCSC2)co1. The number of hydrogen-bond acceptors (Lipinski definition) is 4. The van der Waals surface area contributed by atoms with Crippen molar-refractivity contribution in [2.75, 3.05) is 18.1 Å². The first-order valence-electron chi connectivity index (χ1n) is 5.03. The molecule has 0 radical (unpaired) electrons. The van der Waals surface area contributed by atoms with Gasteiger partial charge >= 0.3 is 0 Å². The Kier molecular flexibility index (Phi) is 3.48. The van der Waals surface area contributed by atoms with E-state index in [4.69, 9.17) is 9.52 Å². The second kappa shape index (κ2) is 4.84. The summed E-state index contributed by atoms with van der Waals surface area (Å²) in [6.45, 7) is 0.110. The van der Waals surface area contributed by atoms with Crippen molar-refractivity contribution in [2.24, 2.45) is 0 Å². The van der Waals surface area contributed by atoms with Crippen molar-refractivity contribution in [2.45, 2.75) is 25.2 Å². The van der Waals surface area contributed by atoms with E-state index >= 15 is 0 Å². The van der Waals surface area contributed by atoms with E-state index in [9.17, 15) is 0 Å². The largest absolute Gasteiger partial charge is 0.449 e. The lowest BCUT2D eigenvalue weighted by Gasteiger charge is -2.18. The Hall–Kier alpha value is -0.480.